The van der Waals surface area contributed by atoms with Crippen LogP contribution in [0.25, 0.3) is 0 Å². The SMILES string of the molecule is CCn1ccc(COC(=O)c2c(N)cc(Cl)cc2F)n1. The predicted molar refractivity (Wildman–Crippen MR) is 72.8 cm³/mol. The third-order valence-corrected chi connectivity index (χ3v) is 2.88. The Balaban J connectivity index is 2.09. The number of esters is 1. The molecular formula is C13H13ClFN3O2. The Labute approximate surface area is 120 Å². The molecule has 20 heavy (non-hydrogen) atoms. The summed E-state index contributed by atoms with van der Waals surface area (Å²) in [4.78, 5) is 11.8. The van der Waals surface area contributed by atoms with Crippen molar-refractivity contribution in [2.45, 2.75) is 20.1 Å². The van der Waals surface area contributed by atoms with E-state index in [2.05, 4.69) is 5.10 Å². The number of hydrogen-bond donors (Lipinski definition) is 1. The first-order valence-electron chi connectivity index (χ1n) is 5.95. The van der Waals surface area contributed by atoms with Crippen molar-refractivity contribution in [1.82, 2.24) is 9.78 Å². The number of nitrogen functional groups attached to an aromatic ring is 1. The van der Waals surface area contributed by atoms with Crippen molar-refractivity contribution in [3.8, 4) is 0 Å². The first kappa shape index (κ1) is 14.3. The molecule has 0 fully saturated rings. The van der Waals surface area contributed by atoms with Crippen LogP contribution >= 0.6 is 11.6 Å². The maximum absolute atomic E-state index is 13.7. The highest BCUT2D eigenvalue weighted by molar-refractivity contribution is 6.31. The molecule has 0 saturated heterocycles. The maximum Gasteiger partial charge on any atom is 0.343 e. The highest BCUT2D eigenvalue weighted by Gasteiger charge is 2.18. The van der Waals surface area contributed by atoms with E-state index in [0.29, 0.717) is 12.2 Å². The van der Waals surface area contributed by atoms with Gasteiger partial charge in [0.1, 0.15) is 18.0 Å². The van der Waals surface area contributed by atoms with Crippen molar-refractivity contribution in [3.05, 3.63) is 46.5 Å². The van der Waals surface area contributed by atoms with Crippen LogP contribution in [0.2, 0.25) is 5.02 Å². The lowest BCUT2D eigenvalue weighted by Crippen LogP contribution is -2.11. The number of hydrogen-bond acceptors (Lipinski definition) is 4. The van der Waals surface area contributed by atoms with E-state index in [-0.39, 0.29) is 22.9 Å². The number of carbonyl (C=O) groups is 1. The minimum Gasteiger partial charge on any atom is -0.455 e. The Bertz CT molecular complexity index is 619. The zero-order chi connectivity index (χ0) is 14.7. The lowest BCUT2D eigenvalue weighted by Gasteiger charge is -2.07. The molecule has 0 saturated carbocycles. The lowest BCUT2D eigenvalue weighted by atomic mass is 10.1. The Morgan fingerprint density at radius 3 is 2.90 bits per heavy atom. The van der Waals surface area contributed by atoms with Gasteiger partial charge in [-0.05, 0) is 25.1 Å². The Morgan fingerprint density at radius 2 is 2.30 bits per heavy atom. The van der Waals surface area contributed by atoms with Gasteiger partial charge in [0.05, 0.1) is 11.4 Å². The highest BCUT2D eigenvalue weighted by Crippen LogP contribution is 2.23. The van der Waals surface area contributed by atoms with Gasteiger partial charge < -0.3 is 10.5 Å². The van der Waals surface area contributed by atoms with Crippen LogP contribution in [0.15, 0.2) is 24.4 Å². The second-order valence-electron chi connectivity index (χ2n) is 4.09. The van der Waals surface area contributed by atoms with Gasteiger partial charge in [0.15, 0.2) is 0 Å². The minimum absolute atomic E-state index is 0.0483. The van der Waals surface area contributed by atoms with Crippen molar-refractivity contribution in [1.29, 1.82) is 0 Å². The van der Waals surface area contributed by atoms with Crippen LogP contribution in [0.5, 0.6) is 0 Å². The summed E-state index contributed by atoms with van der Waals surface area (Å²) in [7, 11) is 0. The molecule has 7 heteroatoms. The number of nitrogens with two attached hydrogens (primary N) is 1. The summed E-state index contributed by atoms with van der Waals surface area (Å²) in [5, 5.41) is 4.27. The number of ether oxygens (including phenoxy) is 1. The zero-order valence-corrected chi connectivity index (χ0v) is 11.5. The summed E-state index contributed by atoms with van der Waals surface area (Å²) >= 11 is 5.63. The zero-order valence-electron chi connectivity index (χ0n) is 10.8. The van der Waals surface area contributed by atoms with Crippen molar-refractivity contribution < 1.29 is 13.9 Å². The molecule has 106 valence electrons. The highest BCUT2D eigenvalue weighted by atomic mass is 35.5. The number of halogens is 2. The molecule has 0 radical (unpaired) electrons. The summed E-state index contributed by atoms with van der Waals surface area (Å²) in [5.41, 5.74) is 5.78. The van der Waals surface area contributed by atoms with Crippen LogP contribution < -0.4 is 5.73 Å². The molecule has 5 nitrogen and oxygen atoms in total. The number of nitrogens with zero attached hydrogens (tertiary/aromatic N) is 2. The third-order valence-electron chi connectivity index (χ3n) is 2.66. The quantitative estimate of drug-likeness (QED) is 0.695. The molecule has 0 amide bonds. The standard InChI is InChI=1S/C13H13ClFN3O2/c1-2-18-4-3-9(17-18)7-20-13(19)12-10(15)5-8(14)6-11(12)16/h3-6H,2,7,16H2,1H3. The van der Waals surface area contributed by atoms with E-state index in [4.69, 9.17) is 22.1 Å². The van der Waals surface area contributed by atoms with Crippen molar-refractivity contribution in [2.24, 2.45) is 0 Å². The molecule has 2 rings (SSSR count). The fraction of sp³-hybridized carbons (Fsp3) is 0.231. The molecule has 0 atom stereocenters. The van der Waals surface area contributed by atoms with Gasteiger partial charge in [0.25, 0.3) is 0 Å². The average Bonchev–Trinajstić information content (AvgIpc) is 2.83. The van der Waals surface area contributed by atoms with Crippen LogP contribution in [-0.4, -0.2) is 15.7 Å². The molecule has 2 aromatic rings. The number of rotatable bonds is 4. The fourth-order valence-corrected chi connectivity index (χ4v) is 1.89. The first-order valence-corrected chi connectivity index (χ1v) is 6.33. The Morgan fingerprint density at radius 1 is 1.55 bits per heavy atom. The van der Waals surface area contributed by atoms with E-state index in [1.807, 2.05) is 6.92 Å². The summed E-state index contributed by atoms with van der Waals surface area (Å²) in [6, 6.07) is 4.03. The molecule has 0 aliphatic rings. The summed E-state index contributed by atoms with van der Waals surface area (Å²) in [5.74, 6) is -1.65. The monoisotopic (exact) mass is 297 g/mol. The molecule has 2 N–H and O–H groups in total. The van der Waals surface area contributed by atoms with Gasteiger partial charge in [-0.3, -0.25) is 4.68 Å². The molecule has 0 unspecified atom stereocenters. The fourth-order valence-electron chi connectivity index (χ4n) is 1.68. The largest absolute Gasteiger partial charge is 0.455 e. The van der Waals surface area contributed by atoms with Crippen molar-refractivity contribution >= 4 is 23.3 Å². The van der Waals surface area contributed by atoms with Crippen LogP contribution in [0.1, 0.15) is 23.0 Å². The van der Waals surface area contributed by atoms with E-state index in [1.54, 1.807) is 16.9 Å². The second-order valence-corrected chi connectivity index (χ2v) is 4.53. The van der Waals surface area contributed by atoms with Crippen molar-refractivity contribution in [3.63, 3.8) is 0 Å². The van der Waals surface area contributed by atoms with E-state index >= 15 is 0 Å². The molecule has 1 aromatic carbocycles. The van der Waals surface area contributed by atoms with E-state index in [1.165, 1.54) is 6.07 Å². The van der Waals surface area contributed by atoms with Crippen molar-refractivity contribution in [2.75, 3.05) is 5.73 Å². The molecule has 0 bridgehead atoms. The maximum atomic E-state index is 13.7. The molecular weight excluding hydrogens is 285 g/mol. The van der Waals surface area contributed by atoms with Gasteiger partial charge in [0.2, 0.25) is 0 Å². The lowest BCUT2D eigenvalue weighted by molar-refractivity contribution is 0.0463. The van der Waals surface area contributed by atoms with E-state index < -0.39 is 11.8 Å². The first-order chi connectivity index (χ1) is 9.51. The average molecular weight is 298 g/mol. The van der Waals surface area contributed by atoms with Gasteiger partial charge in [0, 0.05) is 17.8 Å². The number of aryl methyl sites for hydroxylation is 1. The van der Waals surface area contributed by atoms with Gasteiger partial charge in [-0.2, -0.15) is 5.10 Å². The van der Waals surface area contributed by atoms with E-state index in [9.17, 15) is 9.18 Å². The smallest absolute Gasteiger partial charge is 0.343 e. The van der Waals surface area contributed by atoms with Gasteiger partial charge >= 0.3 is 5.97 Å². The molecule has 0 aliphatic carbocycles. The summed E-state index contributed by atoms with van der Waals surface area (Å²) < 4.78 is 20.4. The Kier molecular flexibility index (Phi) is 4.24. The number of aromatic nitrogens is 2. The predicted octanol–water partition coefficient (Wildman–Crippen LogP) is 2.63. The molecule has 0 aliphatic heterocycles. The topological polar surface area (TPSA) is 70.1 Å². The summed E-state index contributed by atoms with van der Waals surface area (Å²) in [6.45, 7) is 2.60. The normalized spacial score (nSPS) is 10.6. The molecule has 0 spiro atoms. The van der Waals surface area contributed by atoms with Crippen LogP contribution in [0.3, 0.4) is 0 Å². The number of benzene rings is 1. The minimum atomic E-state index is -0.845. The van der Waals surface area contributed by atoms with Crippen LogP contribution in [0.4, 0.5) is 10.1 Å². The van der Waals surface area contributed by atoms with Crippen LogP contribution in [0, 0.1) is 5.82 Å². The van der Waals surface area contributed by atoms with E-state index in [0.717, 1.165) is 6.07 Å². The molecule has 1 aromatic heterocycles. The molecule has 1 heterocycles. The summed E-state index contributed by atoms with van der Waals surface area (Å²) in [6.07, 6.45) is 1.76. The number of anilines is 1. The van der Waals surface area contributed by atoms with Gasteiger partial charge in [-0.15, -0.1) is 0 Å². The number of carbonyl (C=O) groups excluding carboxylic acids is 1. The second kappa shape index (κ2) is 5.92. The van der Waals surface area contributed by atoms with Crippen LogP contribution in [-0.2, 0) is 17.9 Å². The third kappa shape index (κ3) is 3.08. The van der Waals surface area contributed by atoms with Gasteiger partial charge in [-0.25, -0.2) is 9.18 Å². The van der Waals surface area contributed by atoms with Gasteiger partial charge in [-0.1, -0.05) is 11.6 Å². The Hall–Kier alpha value is -2.08.